The summed E-state index contributed by atoms with van der Waals surface area (Å²) in [5.74, 6) is 1.24. The molecule has 1 aromatic carbocycles. The first kappa shape index (κ1) is 18.4. The SMILES string of the molecule is Cc1cc(C)n(-c2nc(Nc3cc(Cl)cc(Cl)c3)nc(NC(C)C)n2)n1. The van der Waals surface area contributed by atoms with E-state index in [-0.39, 0.29) is 6.04 Å². The van der Waals surface area contributed by atoms with E-state index in [0.717, 1.165) is 11.4 Å². The summed E-state index contributed by atoms with van der Waals surface area (Å²) in [6, 6.07) is 7.28. The molecule has 136 valence electrons. The van der Waals surface area contributed by atoms with Crippen LogP contribution in [0.5, 0.6) is 0 Å². The number of halogens is 2. The van der Waals surface area contributed by atoms with Gasteiger partial charge in [0.25, 0.3) is 5.95 Å². The molecule has 0 radical (unpaired) electrons. The number of rotatable bonds is 5. The Morgan fingerprint density at radius 3 is 2.15 bits per heavy atom. The van der Waals surface area contributed by atoms with E-state index in [9.17, 15) is 0 Å². The fraction of sp³-hybridized carbons (Fsp3) is 0.294. The van der Waals surface area contributed by atoms with Gasteiger partial charge in [-0.05, 0) is 52.0 Å². The maximum absolute atomic E-state index is 6.06. The molecule has 2 N–H and O–H groups in total. The molecular weight excluding hydrogens is 373 g/mol. The summed E-state index contributed by atoms with van der Waals surface area (Å²) in [6.07, 6.45) is 0. The van der Waals surface area contributed by atoms with E-state index in [1.54, 1.807) is 22.9 Å². The van der Waals surface area contributed by atoms with Gasteiger partial charge >= 0.3 is 0 Å². The lowest BCUT2D eigenvalue weighted by Crippen LogP contribution is -2.16. The Labute approximate surface area is 161 Å². The van der Waals surface area contributed by atoms with E-state index in [2.05, 4.69) is 30.7 Å². The van der Waals surface area contributed by atoms with Gasteiger partial charge in [0.2, 0.25) is 11.9 Å². The van der Waals surface area contributed by atoms with Crippen molar-refractivity contribution >= 4 is 40.8 Å². The number of hydrogen-bond acceptors (Lipinski definition) is 6. The molecule has 0 aliphatic heterocycles. The zero-order valence-corrected chi connectivity index (χ0v) is 16.4. The van der Waals surface area contributed by atoms with Crippen LogP contribution in [-0.2, 0) is 0 Å². The van der Waals surface area contributed by atoms with E-state index in [1.807, 2.05) is 33.8 Å². The number of nitrogens with zero attached hydrogens (tertiary/aromatic N) is 5. The second kappa shape index (κ2) is 7.47. The van der Waals surface area contributed by atoms with E-state index >= 15 is 0 Å². The summed E-state index contributed by atoms with van der Waals surface area (Å²) in [6.45, 7) is 7.89. The summed E-state index contributed by atoms with van der Waals surface area (Å²) in [7, 11) is 0. The van der Waals surface area contributed by atoms with Gasteiger partial charge < -0.3 is 10.6 Å². The molecule has 9 heteroatoms. The van der Waals surface area contributed by atoms with Gasteiger partial charge in [-0.2, -0.15) is 20.1 Å². The molecule has 0 saturated heterocycles. The van der Waals surface area contributed by atoms with Crippen LogP contribution < -0.4 is 10.6 Å². The van der Waals surface area contributed by atoms with Crippen LogP contribution in [0, 0.1) is 13.8 Å². The van der Waals surface area contributed by atoms with Crippen molar-refractivity contribution in [3.63, 3.8) is 0 Å². The molecule has 0 saturated carbocycles. The molecule has 3 rings (SSSR count). The molecule has 7 nitrogen and oxygen atoms in total. The zero-order valence-electron chi connectivity index (χ0n) is 14.9. The number of hydrogen-bond donors (Lipinski definition) is 2. The third-order valence-corrected chi connectivity index (χ3v) is 3.80. The largest absolute Gasteiger partial charge is 0.352 e. The van der Waals surface area contributed by atoms with Crippen molar-refractivity contribution in [3.8, 4) is 5.95 Å². The fourth-order valence-electron chi connectivity index (χ4n) is 2.42. The molecule has 0 spiro atoms. The highest BCUT2D eigenvalue weighted by Crippen LogP contribution is 2.25. The molecule has 0 fully saturated rings. The number of benzene rings is 1. The van der Waals surface area contributed by atoms with Crippen LogP contribution in [-0.4, -0.2) is 30.8 Å². The monoisotopic (exact) mass is 391 g/mol. The minimum absolute atomic E-state index is 0.166. The van der Waals surface area contributed by atoms with E-state index in [4.69, 9.17) is 23.2 Å². The second-order valence-electron chi connectivity index (χ2n) is 6.20. The minimum Gasteiger partial charge on any atom is -0.352 e. The first-order chi connectivity index (χ1) is 12.3. The Hall–Kier alpha value is -2.38. The predicted octanol–water partition coefficient (Wildman–Crippen LogP) is 4.54. The topological polar surface area (TPSA) is 80.5 Å². The Morgan fingerprint density at radius 2 is 1.58 bits per heavy atom. The highest BCUT2D eigenvalue weighted by Gasteiger charge is 2.13. The molecule has 26 heavy (non-hydrogen) atoms. The first-order valence-electron chi connectivity index (χ1n) is 8.09. The lowest BCUT2D eigenvalue weighted by atomic mass is 10.3. The van der Waals surface area contributed by atoms with E-state index < -0.39 is 0 Å². The van der Waals surface area contributed by atoms with Gasteiger partial charge in [-0.3, -0.25) is 0 Å². The molecule has 3 aromatic rings. The van der Waals surface area contributed by atoms with Gasteiger partial charge in [-0.25, -0.2) is 4.68 Å². The number of nitrogens with one attached hydrogen (secondary N) is 2. The Morgan fingerprint density at radius 1 is 0.923 bits per heavy atom. The van der Waals surface area contributed by atoms with Crippen LogP contribution in [0.15, 0.2) is 24.3 Å². The summed E-state index contributed by atoms with van der Waals surface area (Å²) in [5.41, 5.74) is 2.50. The maximum atomic E-state index is 6.06. The minimum atomic E-state index is 0.166. The van der Waals surface area contributed by atoms with Gasteiger partial charge in [-0.15, -0.1) is 0 Å². The quantitative estimate of drug-likeness (QED) is 0.663. The lowest BCUT2D eigenvalue weighted by molar-refractivity contribution is 0.761. The summed E-state index contributed by atoms with van der Waals surface area (Å²) in [4.78, 5) is 13.4. The Bertz CT molecular complexity index is 917. The number of aromatic nitrogens is 5. The standard InChI is InChI=1S/C17H19Cl2N7/c1-9(2)20-15-22-16(21-14-7-12(18)6-13(19)8-14)24-17(23-15)26-11(4)5-10(3)25-26/h5-9H,1-4H3,(H2,20,21,22,23,24). The van der Waals surface area contributed by atoms with E-state index in [0.29, 0.717) is 33.6 Å². The smallest absolute Gasteiger partial charge is 0.257 e. The van der Waals surface area contributed by atoms with Crippen LogP contribution >= 0.6 is 23.2 Å². The van der Waals surface area contributed by atoms with Gasteiger partial charge in [0, 0.05) is 27.5 Å². The summed E-state index contributed by atoms with van der Waals surface area (Å²) < 4.78 is 1.68. The van der Waals surface area contributed by atoms with Crippen molar-refractivity contribution in [2.45, 2.75) is 33.7 Å². The third kappa shape index (κ3) is 4.42. The average Bonchev–Trinajstić information content (AvgIpc) is 2.84. The van der Waals surface area contributed by atoms with Crippen LogP contribution in [0.25, 0.3) is 5.95 Å². The van der Waals surface area contributed by atoms with Crippen molar-refractivity contribution in [1.82, 2.24) is 24.7 Å². The first-order valence-corrected chi connectivity index (χ1v) is 8.85. The molecule has 0 aliphatic carbocycles. The highest BCUT2D eigenvalue weighted by molar-refractivity contribution is 6.35. The van der Waals surface area contributed by atoms with Gasteiger partial charge in [0.15, 0.2) is 0 Å². The Kier molecular flexibility index (Phi) is 5.29. The zero-order chi connectivity index (χ0) is 18.8. The lowest BCUT2D eigenvalue weighted by Gasteiger charge is -2.13. The molecule has 2 heterocycles. The summed E-state index contributed by atoms with van der Waals surface area (Å²) >= 11 is 12.1. The molecular formula is C17H19Cl2N7. The number of anilines is 3. The third-order valence-electron chi connectivity index (χ3n) is 3.36. The second-order valence-corrected chi connectivity index (χ2v) is 7.08. The fourth-order valence-corrected chi connectivity index (χ4v) is 2.95. The van der Waals surface area contributed by atoms with Crippen LogP contribution in [0.3, 0.4) is 0 Å². The van der Waals surface area contributed by atoms with Crippen LogP contribution in [0.2, 0.25) is 10.0 Å². The molecule has 0 aliphatic rings. The average molecular weight is 392 g/mol. The van der Waals surface area contributed by atoms with Crippen LogP contribution in [0.4, 0.5) is 17.6 Å². The van der Waals surface area contributed by atoms with Crippen molar-refractivity contribution in [3.05, 3.63) is 45.7 Å². The molecule has 0 unspecified atom stereocenters. The van der Waals surface area contributed by atoms with Crippen molar-refractivity contribution in [2.24, 2.45) is 0 Å². The van der Waals surface area contributed by atoms with E-state index in [1.165, 1.54) is 0 Å². The molecule has 0 amide bonds. The van der Waals surface area contributed by atoms with Crippen LogP contribution in [0.1, 0.15) is 25.2 Å². The van der Waals surface area contributed by atoms with Gasteiger partial charge in [0.05, 0.1) is 5.69 Å². The predicted molar refractivity (Wildman–Crippen MR) is 105 cm³/mol. The van der Waals surface area contributed by atoms with Gasteiger partial charge in [-0.1, -0.05) is 23.2 Å². The Balaban J connectivity index is 2.03. The highest BCUT2D eigenvalue weighted by atomic mass is 35.5. The number of aryl methyl sites for hydroxylation is 2. The van der Waals surface area contributed by atoms with Crippen molar-refractivity contribution in [1.29, 1.82) is 0 Å². The normalized spacial score (nSPS) is 11.0. The van der Waals surface area contributed by atoms with Gasteiger partial charge in [0.1, 0.15) is 0 Å². The van der Waals surface area contributed by atoms with Crippen molar-refractivity contribution < 1.29 is 0 Å². The molecule has 0 bridgehead atoms. The summed E-state index contributed by atoms with van der Waals surface area (Å²) in [5, 5.41) is 11.8. The van der Waals surface area contributed by atoms with Crippen molar-refractivity contribution in [2.75, 3.05) is 10.6 Å². The molecule has 2 aromatic heterocycles. The maximum Gasteiger partial charge on any atom is 0.257 e. The molecule has 0 atom stereocenters.